The maximum absolute atomic E-state index is 12.9. The highest BCUT2D eigenvalue weighted by molar-refractivity contribution is 6.01. The van der Waals surface area contributed by atoms with Crippen LogP contribution in [0, 0.1) is 0 Å². The van der Waals surface area contributed by atoms with E-state index < -0.39 is 0 Å². The van der Waals surface area contributed by atoms with E-state index in [0.717, 1.165) is 48.2 Å². The molecule has 150 valence electrons. The monoisotopic (exact) mass is 393 g/mol. The minimum absolute atomic E-state index is 0.00590. The molecule has 1 aromatic heterocycles. The first kappa shape index (κ1) is 17.2. The number of methoxy groups -OCH3 is 2. The number of rotatable bonds is 3. The SMILES string of the molecule is COC(=O)C[C@@H]1CCC23C[C@@]24c2nc5ccc(OC)cc5cc2C(=O)N[C@H]4CN13. The van der Waals surface area contributed by atoms with Gasteiger partial charge in [0, 0.05) is 23.5 Å². The lowest BCUT2D eigenvalue weighted by atomic mass is 9.82. The molecule has 1 saturated carbocycles. The summed E-state index contributed by atoms with van der Waals surface area (Å²) in [5, 5.41) is 4.16. The number of carbonyl (C=O) groups excluding carboxylic acids is 2. The zero-order valence-electron chi connectivity index (χ0n) is 16.5. The largest absolute Gasteiger partial charge is 0.497 e. The van der Waals surface area contributed by atoms with E-state index in [-0.39, 0.29) is 34.9 Å². The molecule has 1 N–H and O–H groups in total. The number of fused-ring (bicyclic) bond motifs is 2. The molecule has 3 aliphatic heterocycles. The molecule has 2 saturated heterocycles. The van der Waals surface area contributed by atoms with E-state index in [0.29, 0.717) is 12.0 Å². The maximum Gasteiger partial charge on any atom is 0.307 e. The minimum atomic E-state index is -0.167. The summed E-state index contributed by atoms with van der Waals surface area (Å²) in [5.74, 6) is 0.530. The zero-order valence-corrected chi connectivity index (χ0v) is 16.5. The fourth-order valence-corrected chi connectivity index (χ4v) is 6.42. The predicted octanol–water partition coefficient (Wildman–Crippen LogP) is 1.78. The third-order valence-corrected chi connectivity index (χ3v) is 7.76. The first-order chi connectivity index (χ1) is 14.0. The molecule has 7 heteroatoms. The number of nitrogens with one attached hydrogen (secondary N) is 1. The summed E-state index contributed by atoms with van der Waals surface area (Å²) < 4.78 is 10.2. The van der Waals surface area contributed by atoms with Gasteiger partial charge in [0.2, 0.25) is 0 Å². The van der Waals surface area contributed by atoms with Gasteiger partial charge in [-0.1, -0.05) is 0 Å². The average Bonchev–Trinajstić information content (AvgIpc) is 3.16. The van der Waals surface area contributed by atoms with Crippen molar-refractivity contribution in [3.63, 3.8) is 0 Å². The van der Waals surface area contributed by atoms with Crippen molar-refractivity contribution >= 4 is 22.8 Å². The number of hydrogen-bond donors (Lipinski definition) is 1. The summed E-state index contributed by atoms with van der Waals surface area (Å²) in [7, 11) is 3.07. The van der Waals surface area contributed by atoms with Crippen molar-refractivity contribution in [1.82, 2.24) is 15.2 Å². The first-order valence-electron chi connectivity index (χ1n) is 10.2. The Bertz CT molecular complexity index is 1090. The summed E-state index contributed by atoms with van der Waals surface area (Å²) in [6.07, 6.45) is 3.41. The summed E-state index contributed by atoms with van der Waals surface area (Å²) in [6.45, 7) is 0.773. The standard InChI is InChI=1S/C22H23N3O4/c1-28-14-3-4-16-12(7-14)8-15-19(23-16)22-11-21(22)6-5-13(9-18(26)29-2)25(21)10-17(22)24-20(15)27/h3-4,7-8,13,17H,5-6,9-11H2,1-2H3,(H,24,27)/t13-,17-,21?,22+/m0/s1. The second-order valence-corrected chi connectivity index (χ2v) is 8.77. The fourth-order valence-electron chi connectivity index (χ4n) is 6.42. The Hall–Kier alpha value is -2.67. The van der Waals surface area contributed by atoms with Gasteiger partial charge in [-0.25, -0.2) is 0 Å². The van der Waals surface area contributed by atoms with Crippen molar-refractivity contribution in [2.45, 2.75) is 48.7 Å². The molecule has 3 fully saturated rings. The molecule has 1 aromatic carbocycles. The van der Waals surface area contributed by atoms with Crippen molar-refractivity contribution in [2.24, 2.45) is 0 Å². The molecule has 2 spiro atoms. The minimum Gasteiger partial charge on any atom is -0.497 e. The summed E-state index contributed by atoms with van der Waals surface area (Å²) in [6, 6.07) is 7.97. The molecule has 4 aliphatic rings. The molecule has 0 bridgehead atoms. The third kappa shape index (κ3) is 1.99. The van der Waals surface area contributed by atoms with Gasteiger partial charge in [0.1, 0.15) is 5.75 Å². The maximum atomic E-state index is 12.9. The Kier molecular flexibility index (Phi) is 3.25. The number of hydrogen-bond acceptors (Lipinski definition) is 6. The highest BCUT2D eigenvalue weighted by atomic mass is 16.5. The van der Waals surface area contributed by atoms with Crippen LogP contribution in [0.3, 0.4) is 0 Å². The molecule has 1 amide bonds. The molecule has 1 unspecified atom stereocenters. The number of nitrogens with zero attached hydrogens (tertiary/aromatic N) is 2. The highest BCUT2D eigenvalue weighted by Gasteiger charge is 2.82. The Morgan fingerprint density at radius 2 is 2.21 bits per heavy atom. The van der Waals surface area contributed by atoms with E-state index in [2.05, 4.69) is 10.2 Å². The summed E-state index contributed by atoms with van der Waals surface area (Å²) in [4.78, 5) is 32.3. The molecule has 2 aromatic rings. The molecule has 4 heterocycles. The number of ether oxygens (including phenoxy) is 2. The van der Waals surface area contributed by atoms with Gasteiger partial charge < -0.3 is 14.8 Å². The Morgan fingerprint density at radius 3 is 3.00 bits per heavy atom. The summed E-state index contributed by atoms with van der Waals surface area (Å²) >= 11 is 0. The zero-order chi connectivity index (χ0) is 20.0. The van der Waals surface area contributed by atoms with Gasteiger partial charge in [-0.3, -0.25) is 19.5 Å². The van der Waals surface area contributed by atoms with Gasteiger partial charge in [-0.15, -0.1) is 0 Å². The lowest BCUT2D eigenvalue weighted by Gasteiger charge is -2.32. The van der Waals surface area contributed by atoms with E-state index in [1.807, 2.05) is 24.3 Å². The number of piperidine rings is 1. The van der Waals surface area contributed by atoms with Crippen LogP contribution in [0.2, 0.25) is 0 Å². The fraction of sp³-hybridized carbons (Fsp3) is 0.500. The lowest BCUT2D eigenvalue weighted by Crippen LogP contribution is -2.51. The molecule has 1 aliphatic carbocycles. The van der Waals surface area contributed by atoms with Gasteiger partial charge in [0.15, 0.2) is 0 Å². The smallest absolute Gasteiger partial charge is 0.307 e. The number of benzene rings is 1. The van der Waals surface area contributed by atoms with E-state index in [4.69, 9.17) is 14.5 Å². The van der Waals surface area contributed by atoms with Crippen LogP contribution in [0.15, 0.2) is 24.3 Å². The average molecular weight is 393 g/mol. The van der Waals surface area contributed by atoms with Crippen LogP contribution in [0.4, 0.5) is 0 Å². The van der Waals surface area contributed by atoms with E-state index in [1.54, 1.807) is 7.11 Å². The summed E-state index contributed by atoms with van der Waals surface area (Å²) in [5.41, 5.74) is 2.36. The second kappa shape index (κ2) is 5.48. The Balaban J connectivity index is 1.45. The van der Waals surface area contributed by atoms with Crippen LogP contribution < -0.4 is 10.1 Å². The molecule has 0 radical (unpaired) electrons. The number of carbonyl (C=O) groups is 2. The van der Waals surface area contributed by atoms with Crippen LogP contribution >= 0.6 is 0 Å². The van der Waals surface area contributed by atoms with Crippen molar-refractivity contribution < 1.29 is 19.1 Å². The molecular formula is C22H23N3O4. The van der Waals surface area contributed by atoms with E-state index >= 15 is 0 Å². The molecule has 7 nitrogen and oxygen atoms in total. The molecular weight excluding hydrogens is 370 g/mol. The number of esters is 1. The first-order valence-corrected chi connectivity index (χ1v) is 10.2. The lowest BCUT2D eigenvalue weighted by molar-refractivity contribution is -0.141. The molecule has 29 heavy (non-hydrogen) atoms. The van der Waals surface area contributed by atoms with Crippen LogP contribution in [0.5, 0.6) is 5.75 Å². The number of amides is 1. The van der Waals surface area contributed by atoms with E-state index in [9.17, 15) is 9.59 Å². The van der Waals surface area contributed by atoms with Crippen molar-refractivity contribution in [2.75, 3.05) is 20.8 Å². The van der Waals surface area contributed by atoms with E-state index in [1.165, 1.54) is 7.11 Å². The van der Waals surface area contributed by atoms with Gasteiger partial charge in [0.25, 0.3) is 5.91 Å². The quantitative estimate of drug-likeness (QED) is 0.801. The van der Waals surface area contributed by atoms with Gasteiger partial charge in [0.05, 0.1) is 48.9 Å². The van der Waals surface area contributed by atoms with Gasteiger partial charge in [-0.05, 0) is 43.5 Å². The highest BCUT2D eigenvalue weighted by Crippen LogP contribution is 2.73. The van der Waals surface area contributed by atoms with Crippen LogP contribution in [0.25, 0.3) is 10.9 Å². The number of aromatic nitrogens is 1. The third-order valence-electron chi connectivity index (χ3n) is 7.76. The Morgan fingerprint density at radius 1 is 1.34 bits per heavy atom. The van der Waals surface area contributed by atoms with Gasteiger partial charge >= 0.3 is 5.97 Å². The van der Waals surface area contributed by atoms with Crippen molar-refractivity contribution in [3.05, 3.63) is 35.5 Å². The Labute approximate surface area is 168 Å². The normalized spacial score (nSPS) is 34.1. The van der Waals surface area contributed by atoms with Crippen molar-refractivity contribution in [1.29, 1.82) is 0 Å². The number of pyridine rings is 1. The van der Waals surface area contributed by atoms with Gasteiger partial charge in [-0.2, -0.15) is 0 Å². The van der Waals surface area contributed by atoms with Crippen LogP contribution in [-0.4, -0.2) is 60.1 Å². The van der Waals surface area contributed by atoms with Crippen molar-refractivity contribution in [3.8, 4) is 5.75 Å². The second-order valence-electron chi connectivity index (χ2n) is 8.77. The molecule has 4 atom stereocenters. The van der Waals surface area contributed by atoms with Crippen LogP contribution in [-0.2, 0) is 14.9 Å². The molecule has 6 rings (SSSR count). The van der Waals surface area contributed by atoms with Crippen LogP contribution in [0.1, 0.15) is 41.7 Å². The predicted molar refractivity (Wildman–Crippen MR) is 105 cm³/mol. The topological polar surface area (TPSA) is 80.8 Å².